The Balaban J connectivity index is 1.43. The van der Waals surface area contributed by atoms with Gasteiger partial charge in [-0.15, -0.1) is 0 Å². The van der Waals surface area contributed by atoms with Gasteiger partial charge in [0.2, 0.25) is 12.7 Å². The average Bonchev–Trinajstić information content (AvgIpc) is 3.28. The maximum atomic E-state index is 12.1. The Morgan fingerprint density at radius 2 is 1.96 bits per heavy atom. The lowest BCUT2D eigenvalue weighted by Gasteiger charge is -2.07. The number of carbonyl (C=O) groups excluding carboxylic acids is 1. The number of ether oxygens (including phenoxy) is 3. The van der Waals surface area contributed by atoms with Crippen LogP contribution in [0.5, 0.6) is 17.2 Å². The molecule has 1 aliphatic carbocycles. The average molecular weight is 323 g/mol. The van der Waals surface area contributed by atoms with Gasteiger partial charge < -0.3 is 19.5 Å². The lowest BCUT2D eigenvalue weighted by atomic mass is 10.2. The quantitative estimate of drug-likeness (QED) is 0.854. The molecule has 1 amide bonds. The summed E-state index contributed by atoms with van der Waals surface area (Å²) in [4.78, 5) is 12.1. The minimum absolute atomic E-state index is 0.213. The molecule has 24 heavy (non-hydrogen) atoms. The number of carbonyl (C=O) groups is 1. The molecule has 5 heteroatoms. The molecule has 122 valence electrons. The molecular formula is C19H17NO4. The minimum Gasteiger partial charge on any atom is -0.490 e. The van der Waals surface area contributed by atoms with Crippen LogP contribution in [0, 0.1) is 0 Å². The monoisotopic (exact) mass is 323 g/mol. The predicted octanol–water partition coefficient (Wildman–Crippen LogP) is 3.61. The summed E-state index contributed by atoms with van der Waals surface area (Å²) in [7, 11) is 0. The molecule has 2 aromatic carbocycles. The molecule has 4 rings (SSSR count). The lowest BCUT2D eigenvalue weighted by molar-refractivity contribution is -0.111. The predicted molar refractivity (Wildman–Crippen MR) is 90.3 cm³/mol. The Morgan fingerprint density at radius 3 is 2.83 bits per heavy atom. The van der Waals surface area contributed by atoms with Crippen molar-refractivity contribution in [3.63, 3.8) is 0 Å². The fraction of sp³-hybridized carbons (Fsp3) is 0.211. The highest BCUT2D eigenvalue weighted by Gasteiger charge is 2.24. The first-order chi connectivity index (χ1) is 11.8. The van der Waals surface area contributed by atoms with Crippen LogP contribution < -0.4 is 19.5 Å². The van der Waals surface area contributed by atoms with E-state index < -0.39 is 0 Å². The van der Waals surface area contributed by atoms with Gasteiger partial charge >= 0.3 is 0 Å². The van der Waals surface area contributed by atoms with Gasteiger partial charge in [0, 0.05) is 23.4 Å². The van der Waals surface area contributed by atoms with E-state index in [0.717, 1.165) is 24.2 Å². The van der Waals surface area contributed by atoms with Gasteiger partial charge in [-0.2, -0.15) is 0 Å². The molecule has 0 unspecified atom stereocenters. The van der Waals surface area contributed by atoms with E-state index in [1.165, 1.54) is 6.08 Å². The molecule has 2 aliphatic rings. The Morgan fingerprint density at radius 1 is 1.12 bits per heavy atom. The Hall–Kier alpha value is -2.95. The van der Waals surface area contributed by atoms with E-state index in [1.54, 1.807) is 24.3 Å². The van der Waals surface area contributed by atoms with Gasteiger partial charge in [0.05, 0.1) is 6.10 Å². The van der Waals surface area contributed by atoms with Gasteiger partial charge in [0.25, 0.3) is 0 Å². The fourth-order valence-corrected chi connectivity index (χ4v) is 2.41. The number of rotatable bonds is 5. The smallest absolute Gasteiger partial charge is 0.248 e. The van der Waals surface area contributed by atoms with Gasteiger partial charge in [0.1, 0.15) is 5.75 Å². The van der Waals surface area contributed by atoms with Crippen molar-refractivity contribution >= 4 is 17.7 Å². The molecule has 1 heterocycles. The maximum absolute atomic E-state index is 12.1. The first-order valence-corrected chi connectivity index (χ1v) is 7.92. The van der Waals surface area contributed by atoms with Crippen LogP contribution in [-0.4, -0.2) is 18.8 Å². The van der Waals surface area contributed by atoms with E-state index in [4.69, 9.17) is 14.2 Å². The Labute approximate surface area is 139 Å². The van der Waals surface area contributed by atoms with Gasteiger partial charge in [-0.3, -0.25) is 4.79 Å². The van der Waals surface area contributed by atoms with E-state index >= 15 is 0 Å². The number of hydrogen-bond acceptors (Lipinski definition) is 4. The van der Waals surface area contributed by atoms with Crippen molar-refractivity contribution in [2.24, 2.45) is 0 Å². The number of nitrogens with one attached hydrogen (secondary N) is 1. The van der Waals surface area contributed by atoms with Crippen LogP contribution in [0.2, 0.25) is 0 Å². The number of benzene rings is 2. The SMILES string of the molecule is O=C(/C=C/c1ccccc1OC1CC1)Nc1ccc2c(c1)OCO2. The highest BCUT2D eigenvalue weighted by molar-refractivity contribution is 6.02. The van der Waals surface area contributed by atoms with Crippen LogP contribution in [0.1, 0.15) is 18.4 Å². The van der Waals surface area contributed by atoms with Gasteiger partial charge in [-0.25, -0.2) is 0 Å². The zero-order chi connectivity index (χ0) is 16.4. The molecule has 0 radical (unpaired) electrons. The molecule has 0 spiro atoms. The van der Waals surface area contributed by atoms with E-state index in [9.17, 15) is 4.79 Å². The summed E-state index contributed by atoms with van der Waals surface area (Å²) in [6, 6.07) is 13.0. The first kappa shape index (κ1) is 14.6. The number of hydrogen-bond donors (Lipinski definition) is 1. The van der Waals surface area contributed by atoms with Crippen molar-refractivity contribution in [2.75, 3.05) is 12.1 Å². The summed E-state index contributed by atoms with van der Waals surface area (Å²) in [6.07, 6.45) is 5.78. The standard InChI is InChI=1S/C19H17NO4/c21-19(20-14-6-9-17-18(11-14)23-12-22-17)10-5-13-3-1-2-4-16(13)24-15-7-8-15/h1-6,9-11,15H,7-8,12H2,(H,20,21)/b10-5+. The zero-order valence-corrected chi connectivity index (χ0v) is 13.0. The molecule has 0 bridgehead atoms. The van der Waals surface area contributed by atoms with E-state index in [0.29, 0.717) is 23.3 Å². The third-order valence-corrected chi connectivity index (χ3v) is 3.79. The summed E-state index contributed by atoms with van der Waals surface area (Å²) in [5, 5.41) is 2.81. The number of para-hydroxylation sites is 1. The molecular weight excluding hydrogens is 306 g/mol. The topological polar surface area (TPSA) is 56.8 Å². The maximum Gasteiger partial charge on any atom is 0.248 e. The summed E-state index contributed by atoms with van der Waals surface area (Å²) >= 11 is 0. The van der Waals surface area contributed by atoms with Crippen molar-refractivity contribution in [2.45, 2.75) is 18.9 Å². The number of fused-ring (bicyclic) bond motifs is 1. The minimum atomic E-state index is -0.213. The van der Waals surface area contributed by atoms with Crippen LogP contribution in [-0.2, 0) is 4.79 Å². The summed E-state index contributed by atoms with van der Waals surface area (Å²) in [5.74, 6) is 1.93. The van der Waals surface area contributed by atoms with Crippen LogP contribution >= 0.6 is 0 Å². The summed E-state index contributed by atoms with van der Waals surface area (Å²) in [6.45, 7) is 0.213. The summed E-state index contributed by atoms with van der Waals surface area (Å²) in [5.41, 5.74) is 1.56. The molecule has 1 fully saturated rings. The zero-order valence-electron chi connectivity index (χ0n) is 13.0. The Kier molecular flexibility index (Phi) is 3.83. The summed E-state index contributed by atoms with van der Waals surface area (Å²) < 4.78 is 16.4. The number of anilines is 1. The number of amides is 1. The van der Waals surface area contributed by atoms with Crippen molar-refractivity contribution < 1.29 is 19.0 Å². The van der Waals surface area contributed by atoms with Gasteiger partial charge in [-0.05, 0) is 37.1 Å². The van der Waals surface area contributed by atoms with Crippen molar-refractivity contribution in [3.8, 4) is 17.2 Å². The third kappa shape index (κ3) is 3.35. The molecule has 1 N–H and O–H groups in total. The van der Waals surface area contributed by atoms with E-state index in [2.05, 4.69) is 5.32 Å². The van der Waals surface area contributed by atoms with E-state index in [-0.39, 0.29) is 12.7 Å². The van der Waals surface area contributed by atoms with Crippen molar-refractivity contribution in [1.29, 1.82) is 0 Å². The second kappa shape index (κ2) is 6.28. The third-order valence-electron chi connectivity index (χ3n) is 3.79. The van der Waals surface area contributed by atoms with E-state index in [1.807, 2.05) is 24.3 Å². The molecule has 2 aromatic rings. The van der Waals surface area contributed by atoms with Crippen LogP contribution in [0.3, 0.4) is 0 Å². The second-order valence-corrected chi connectivity index (χ2v) is 5.75. The molecule has 1 saturated carbocycles. The highest BCUT2D eigenvalue weighted by atomic mass is 16.7. The molecule has 0 atom stereocenters. The van der Waals surface area contributed by atoms with Crippen LogP contribution in [0.25, 0.3) is 6.08 Å². The first-order valence-electron chi connectivity index (χ1n) is 7.92. The Bertz CT molecular complexity index is 796. The van der Waals surface area contributed by atoms with Gasteiger partial charge in [0.15, 0.2) is 11.5 Å². The lowest BCUT2D eigenvalue weighted by Crippen LogP contribution is -2.07. The van der Waals surface area contributed by atoms with Gasteiger partial charge in [-0.1, -0.05) is 18.2 Å². The fourth-order valence-electron chi connectivity index (χ4n) is 2.41. The molecule has 5 nitrogen and oxygen atoms in total. The molecule has 0 aromatic heterocycles. The van der Waals surface area contributed by atoms with Crippen molar-refractivity contribution in [3.05, 3.63) is 54.1 Å². The van der Waals surface area contributed by atoms with Crippen molar-refractivity contribution in [1.82, 2.24) is 0 Å². The molecule has 0 saturated heterocycles. The van der Waals surface area contributed by atoms with Crippen LogP contribution in [0.15, 0.2) is 48.5 Å². The second-order valence-electron chi connectivity index (χ2n) is 5.75. The highest BCUT2D eigenvalue weighted by Crippen LogP contribution is 2.34. The molecule has 1 aliphatic heterocycles. The van der Waals surface area contributed by atoms with Crippen LogP contribution in [0.4, 0.5) is 5.69 Å². The largest absolute Gasteiger partial charge is 0.490 e. The normalized spacial score (nSPS) is 15.5.